The summed E-state index contributed by atoms with van der Waals surface area (Å²) in [7, 11) is 0. The molecule has 1 aliphatic heterocycles. The molecule has 4 nitrogen and oxygen atoms in total. The lowest BCUT2D eigenvalue weighted by molar-refractivity contribution is 0.109. The van der Waals surface area contributed by atoms with Crippen molar-refractivity contribution in [2.45, 2.75) is 38.8 Å². The summed E-state index contributed by atoms with van der Waals surface area (Å²) in [5.74, 6) is 0. The molecule has 16 heavy (non-hydrogen) atoms. The van der Waals surface area contributed by atoms with E-state index in [9.17, 15) is 4.79 Å². The Morgan fingerprint density at radius 2 is 2.38 bits per heavy atom. The summed E-state index contributed by atoms with van der Waals surface area (Å²) in [6, 6.07) is 2.70. The van der Waals surface area contributed by atoms with E-state index in [0.717, 1.165) is 25.8 Å². The zero-order chi connectivity index (χ0) is 11.5. The molecule has 1 atom stereocenters. The zero-order valence-electron chi connectivity index (χ0n) is 9.97. The number of hydrogen-bond donors (Lipinski definition) is 0. The number of piperidine rings is 1. The molecule has 0 aliphatic carbocycles. The van der Waals surface area contributed by atoms with Crippen molar-refractivity contribution < 1.29 is 4.79 Å². The van der Waals surface area contributed by atoms with Crippen LogP contribution < -0.4 is 0 Å². The third kappa shape index (κ3) is 2.16. The molecule has 0 saturated carbocycles. The van der Waals surface area contributed by atoms with E-state index in [2.05, 4.69) is 23.8 Å². The van der Waals surface area contributed by atoms with E-state index in [1.807, 2.05) is 4.68 Å². The lowest BCUT2D eigenvalue weighted by atomic mass is 10.0. The number of carbonyl (C=O) groups excluding carboxylic acids is 1. The van der Waals surface area contributed by atoms with Crippen LogP contribution in [0, 0.1) is 0 Å². The highest BCUT2D eigenvalue weighted by Crippen LogP contribution is 2.23. The summed E-state index contributed by atoms with van der Waals surface area (Å²) >= 11 is 0. The number of nitrogens with zero attached hydrogens (tertiary/aromatic N) is 3. The van der Waals surface area contributed by atoms with Crippen LogP contribution in [0.25, 0.3) is 0 Å². The van der Waals surface area contributed by atoms with Gasteiger partial charge in [0, 0.05) is 18.8 Å². The number of likely N-dealkylation sites (tertiary alicyclic amines) is 1. The van der Waals surface area contributed by atoms with Gasteiger partial charge in [0.15, 0.2) is 6.29 Å². The van der Waals surface area contributed by atoms with Crippen molar-refractivity contribution in [2.24, 2.45) is 0 Å². The molecule has 1 aromatic heterocycles. The highest BCUT2D eigenvalue weighted by Gasteiger charge is 2.24. The van der Waals surface area contributed by atoms with Crippen molar-refractivity contribution in [2.75, 3.05) is 13.1 Å². The van der Waals surface area contributed by atoms with Crippen LogP contribution in [0.5, 0.6) is 0 Å². The summed E-state index contributed by atoms with van der Waals surface area (Å²) < 4.78 is 1.88. The van der Waals surface area contributed by atoms with E-state index >= 15 is 0 Å². The summed E-state index contributed by atoms with van der Waals surface area (Å²) in [6.07, 6.45) is 4.89. The monoisotopic (exact) mass is 221 g/mol. The van der Waals surface area contributed by atoms with Crippen LogP contribution in [0.2, 0.25) is 0 Å². The molecule has 1 fully saturated rings. The molecule has 4 heteroatoms. The van der Waals surface area contributed by atoms with Crippen LogP contribution in [-0.4, -0.2) is 40.1 Å². The number of aldehydes is 1. The van der Waals surface area contributed by atoms with Crippen LogP contribution in [0.1, 0.15) is 43.2 Å². The fraction of sp³-hybridized carbons (Fsp3) is 0.667. The maximum Gasteiger partial charge on any atom is 0.168 e. The average Bonchev–Trinajstić information content (AvgIpc) is 2.77. The second-order valence-corrected chi connectivity index (χ2v) is 4.70. The predicted molar refractivity (Wildman–Crippen MR) is 62.6 cm³/mol. The van der Waals surface area contributed by atoms with Crippen LogP contribution in [0.4, 0.5) is 0 Å². The minimum Gasteiger partial charge on any atom is -0.299 e. The van der Waals surface area contributed by atoms with Gasteiger partial charge in [-0.1, -0.05) is 0 Å². The molecule has 2 rings (SSSR count). The van der Waals surface area contributed by atoms with Crippen molar-refractivity contribution in [1.82, 2.24) is 14.7 Å². The first kappa shape index (κ1) is 11.3. The summed E-state index contributed by atoms with van der Waals surface area (Å²) in [4.78, 5) is 13.3. The largest absolute Gasteiger partial charge is 0.299 e. The van der Waals surface area contributed by atoms with Crippen LogP contribution in [0.15, 0.2) is 12.3 Å². The van der Waals surface area contributed by atoms with Gasteiger partial charge in [-0.2, -0.15) is 5.10 Å². The summed E-state index contributed by atoms with van der Waals surface area (Å²) in [6.45, 7) is 6.59. The van der Waals surface area contributed by atoms with Gasteiger partial charge in [-0.05, 0) is 39.3 Å². The van der Waals surface area contributed by atoms with Crippen molar-refractivity contribution in [3.8, 4) is 0 Å². The lowest BCUT2D eigenvalue weighted by Crippen LogP contribution is -2.41. The molecule has 0 spiro atoms. The van der Waals surface area contributed by atoms with Crippen molar-refractivity contribution >= 4 is 6.29 Å². The highest BCUT2D eigenvalue weighted by atomic mass is 16.1. The Balaban J connectivity index is 2.12. The van der Waals surface area contributed by atoms with E-state index < -0.39 is 0 Å². The minimum absolute atomic E-state index is 0.353. The van der Waals surface area contributed by atoms with E-state index in [1.54, 1.807) is 12.3 Å². The molecule has 0 amide bonds. The maximum absolute atomic E-state index is 10.9. The molecule has 1 aromatic rings. The number of rotatable bonds is 3. The smallest absolute Gasteiger partial charge is 0.168 e. The molecular formula is C12H19N3O. The van der Waals surface area contributed by atoms with Gasteiger partial charge in [-0.25, -0.2) is 0 Å². The number of carbonyl (C=O) groups is 1. The van der Waals surface area contributed by atoms with E-state index in [4.69, 9.17) is 0 Å². The number of aromatic nitrogens is 2. The van der Waals surface area contributed by atoms with E-state index in [-0.39, 0.29) is 0 Å². The average molecular weight is 221 g/mol. The summed E-state index contributed by atoms with van der Waals surface area (Å²) in [5, 5.41) is 4.26. The Kier molecular flexibility index (Phi) is 3.39. The van der Waals surface area contributed by atoms with Crippen LogP contribution in [-0.2, 0) is 0 Å². The molecule has 0 aromatic carbocycles. The molecular weight excluding hydrogens is 202 g/mol. The first-order valence-corrected chi connectivity index (χ1v) is 5.95. The lowest BCUT2D eigenvalue weighted by Gasteiger charge is -2.35. The van der Waals surface area contributed by atoms with Crippen molar-refractivity contribution in [1.29, 1.82) is 0 Å². The minimum atomic E-state index is 0.353. The molecule has 1 saturated heterocycles. The van der Waals surface area contributed by atoms with Gasteiger partial charge in [0.05, 0.1) is 6.04 Å². The maximum atomic E-state index is 10.9. The van der Waals surface area contributed by atoms with E-state index in [1.165, 1.54) is 6.42 Å². The summed E-state index contributed by atoms with van der Waals surface area (Å²) in [5.41, 5.74) is 0.690. The first-order valence-electron chi connectivity index (χ1n) is 5.95. The highest BCUT2D eigenvalue weighted by molar-refractivity contribution is 5.71. The molecule has 1 aliphatic rings. The zero-order valence-corrected chi connectivity index (χ0v) is 9.97. The third-order valence-corrected chi connectivity index (χ3v) is 3.33. The van der Waals surface area contributed by atoms with Gasteiger partial charge in [-0.3, -0.25) is 14.4 Å². The fourth-order valence-corrected chi connectivity index (χ4v) is 2.37. The predicted octanol–water partition coefficient (Wildman–Crippen LogP) is 1.74. The van der Waals surface area contributed by atoms with Gasteiger partial charge in [0.1, 0.15) is 5.69 Å². The Morgan fingerprint density at radius 3 is 3.06 bits per heavy atom. The molecule has 1 unspecified atom stereocenters. The van der Waals surface area contributed by atoms with Crippen molar-refractivity contribution in [3.05, 3.63) is 18.0 Å². The first-order chi connectivity index (χ1) is 7.72. The van der Waals surface area contributed by atoms with Crippen LogP contribution >= 0.6 is 0 Å². The third-order valence-electron chi connectivity index (χ3n) is 3.33. The Labute approximate surface area is 96.2 Å². The second kappa shape index (κ2) is 4.78. The van der Waals surface area contributed by atoms with Crippen LogP contribution in [0.3, 0.4) is 0 Å². The van der Waals surface area contributed by atoms with Gasteiger partial charge in [0.25, 0.3) is 0 Å². The second-order valence-electron chi connectivity index (χ2n) is 4.70. The van der Waals surface area contributed by atoms with Gasteiger partial charge in [0.2, 0.25) is 0 Å². The standard InChI is InChI=1S/C12H19N3O/c1-10(2)14-7-3-4-11(8-14)15-12(9-16)5-6-13-15/h5-6,9-11H,3-4,7-8H2,1-2H3. The normalized spacial score (nSPS) is 22.6. The molecule has 0 bridgehead atoms. The van der Waals surface area contributed by atoms with Gasteiger partial charge in [-0.15, -0.1) is 0 Å². The Morgan fingerprint density at radius 1 is 1.56 bits per heavy atom. The van der Waals surface area contributed by atoms with Gasteiger partial charge < -0.3 is 0 Å². The van der Waals surface area contributed by atoms with Crippen molar-refractivity contribution in [3.63, 3.8) is 0 Å². The Hall–Kier alpha value is -1.16. The molecule has 0 N–H and O–H groups in total. The Bertz CT molecular complexity index is 359. The van der Waals surface area contributed by atoms with E-state index in [0.29, 0.717) is 17.8 Å². The SMILES string of the molecule is CC(C)N1CCCC(n2nccc2C=O)C1. The molecule has 2 heterocycles. The topological polar surface area (TPSA) is 38.1 Å². The number of hydrogen-bond acceptors (Lipinski definition) is 3. The quantitative estimate of drug-likeness (QED) is 0.730. The molecule has 88 valence electrons. The fourth-order valence-electron chi connectivity index (χ4n) is 2.37. The molecule has 0 radical (unpaired) electrons. The van der Waals surface area contributed by atoms with Gasteiger partial charge >= 0.3 is 0 Å².